The lowest BCUT2D eigenvalue weighted by Crippen LogP contribution is -2.16. The quantitative estimate of drug-likeness (QED) is 0.536. The van der Waals surface area contributed by atoms with Gasteiger partial charge in [0.25, 0.3) is 5.91 Å². The Balaban J connectivity index is 1.40. The zero-order chi connectivity index (χ0) is 23.4. The van der Waals surface area contributed by atoms with Crippen LogP contribution in [0.3, 0.4) is 0 Å². The van der Waals surface area contributed by atoms with Gasteiger partial charge in [-0.15, -0.1) is 0 Å². The number of halogens is 3. The summed E-state index contributed by atoms with van der Waals surface area (Å²) in [6.45, 7) is 4.21. The van der Waals surface area contributed by atoms with E-state index in [0.717, 1.165) is 37.2 Å². The third-order valence-electron chi connectivity index (χ3n) is 5.12. The molecular formula is C21H21F3N6O2S. The zero-order valence-corrected chi connectivity index (χ0v) is 18.5. The van der Waals surface area contributed by atoms with Crippen LogP contribution in [0.15, 0.2) is 30.7 Å². The Hall–Kier alpha value is -3.12. The van der Waals surface area contributed by atoms with E-state index < -0.39 is 11.9 Å². The van der Waals surface area contributed by atoms with E-state index in [4.69, 9.17) is 4.74 Å². The molecule has 4 rings (SSSR count). The summed E-state index contributed by atoms with van der Waals surface area (Å²) in [5, 5.41) is 6.06. The summed E-state index contributed by atoms with van der Waals surface area (Å²) in [7, 11) is 0. The Kier molecular flexibility index (Phi) is 6.84. The maximum atomic E-state index is 12.9. The summed E-state index contributed by atoms with van der Waals surface area (Å²) in [6, 6.07) is 3.39. The molecule has 1 atom stereocenters. The highest BCUT2D eigenvalue weighted by molar-refractivity contribution is 7.06. The van der Waals surface area contributed by atoms with E-state index in [1.807, 2.05) is 0 Å². The molecule has 0 bridgehead atoms. The summed E-state index contributed by atoms with van der Waals surface area (Å²) in [5.74, 6) is 0.562. The average molecular weight is 479 g/mol. The monoisotopic (exact) mass is 478 g/mol. The van der Waals surface area contributed by atoms with Gasteiger partial charge in [0, 0.05) is 36.0 Å². The number of rotatable bonds is 7. The first-order chi connectivity index (χ1) is 15.8. The minimum Gasteiger partial charge on any atom is -0.477 e. The van der Waals surface area contributed by atoms with Gasteiger partial charge >= 0.3 is 6.18 Å². The zero-order valence-electron chi connectivity index (χ0n) is 17.6. The van der Waals surface area contributed by atoms with E-state index in [1.54, 1.807) is 19.1 Å². The van der Waals surface area contributed by atoms with Crippen LogP contribution in [-0.4, -0.2) is 44.9 Å². The molecule has 33 heavy (non-hydrogen) atoms. The number of nitrogens with zero attached hydrogens (tertiary/aromatic N) is 4. The number of carbonyl (C=O) groups is 1. The van der Waals surface area contributed by atoms with Crippen LogP contribution >= 0.6 is 11.5 Å². The van der Waals surface area contributed by atoms with Gasteiger partial charge in [-0.25, -0.2) is 9.97 Å². The topological polar surface area (TPSA) is 102 Å². The summed E-state index contributed by atoms with van der Waals surface area (Å²) >= 11 is 1.10. The molecule has 12 heteroatoms. The molecule has 4 heterocycles. The number of amides is 1. The largest absolute Gasteiger partial charge is 0.477 e. The van der Waals surface area contributed by atoms with Crippen LogP contribution in [-0.2, 0) is 12.6 Å². The van der Waals surface area contributed by atoms with Crippen LogP contribution in [0.2, 0.25) is 0 Å². The molecule has 0 radical (unpaired) electrons. The summed E-state index contributed by atoms with van der Waals surface area (Å²) in [5.41, 5.74) is 0.604. The summed E-state index contributed by atoms with van der Waals surface area (Å²) < 4.78 is 48.0. The van der Waals surface area contributed by atoms with Gasteiger partial charge in [0.05, 0.1) is 41.6 Å². The molecule has 1 aliphatic heterocycles. The van der Waals surface area contributed by atoms with Crippen molar-refractivity contribution in [1.82, 2.24) is 24.6 Å². The van der Waals surface area contributed by atoms with Gasteiger partial charge in [0.1, 0.15) is 0 Å². The van der Waals surface area contributed by atoms with Crippen molar-refractivity contribution in [3.8, 4) is 5.88 Å². The minimum absolute atomic E-state index is 0.139. The number of aryl methyl sites for hydroxylation is 1. The van der Waals surface area contributed by atoms with Crippen LogP contribution in [0, 0.1) is 12.8 Å². The van der Waals surface area contributed by atoms with Crippen molar-refractivity contribution < 1.29 is 22.7 Å². The number of aromatic nitrogens is 4. The van der Waals surface area contributed by atoms with Gasteiger partial charge < -0.3 is 15.4 Å². The van der Waals surface area contributed by atoms with Crippen LogP contribution in [0.4, 0.5) is 18.9 Å². The van der Waals surface area contributed by atoms with Crippen molar-refractivity contribution in [3.63, 3.8) is 0 Å². The van der Waals surface area contributed by atoms with Crippen LogP contribution in [0.5, 0.6) is 5.88 Å². The average Bonchev–Trinajstić information content (AvgIpc) is 3.43. The lowest BCUT2D eigenvalue weighted by atomic mass is 10.1. The van der Waals surface area contributed by atoms with Crippen LogP contribution in [0.1, 0.15) is 38.7 Å². The van der Waals surface area contributed by atoms with E-state index >= 15 is 0 Å². The normalized spacial score (nSPS) is 16.1. The summed E-state index contributed by atoms with van der Waals surface area (Å²) in [4.78, 5) is 24.9. The Morgan fingerprint density at radius 2 is 2.09 bits per heavy atom. The van der Waals surface area contributed by atoms with Gasteiger partial charge in [-0.05, 0) is 37.5 Å². The molecule has 2 N–H and O–H groups in total. The van der Waals surface area contributed by atoms with Crippen molar-refractivity contribution >= 4 is 23.1 Å². The highest BCUT2D eigenvalue weighted by Crippen LogP contribution is 2.27. The van der Waals surface area contributed by atoms with Gasteiger partial charge in [-0.2, -0.15) is 17.5 Å². The molecule has 1 aliphatic rings. The van der Waals surface area contributed by atoms with E-state index in [0.29, 0.717) is 52.1 Å². The second kappa shape index (κ2) is 9.79. The van der Waals surface area contributed by atoms with E-state index in [9.17, 15) is 18.0 Å². The molecule has 0 spiro atoms. The third kappa shape index (κ3) is 5.82. The first-order valence-electron chi connectivity index (χ1n) is 10.2. The fourth-order valence-corrected chi connectivity index (χ4v) is 4.26. The van der Waals surface area contributed by atoms with Gasteiger partial charge in [-0.1, -0.05) is 0 Å². The number of ether oxygens (including phenoxy) is 1. The molecule has 1 amide bonds. The molecule has 1 saturated heterocycles. The van der Waals surface area contributed by atoms with Crippen molar-refractivity contribution in [2.45, 2.75) is 25.9 Å². The van der Waals surface area contributed by atoms with E-state index in [-0.39, 0.29) is 12.3 Å². The Morgan fingerprint density at radius 3 is 2.73 bits per heavy atom. The molecule has 0 aliphatic carbocycles. The fourth-order valence-electron chi connectivity index (χ4n) is 3.38. The maximum Gasteiger partial charge on any atom is 0.434 e. The third-order valence-corrected chi connectivity index (χ3v) is 6.06. The fraction of sp³-hybridized carbons (Fsp3) is 0.381. The lowest BCUT2D eigenvalue weighted by molar-refractivity contribution is -0.141. The second-order valence-electron chi connectivity index (χ2n) is 7.64. The number of carbonyl (C=O) groups excluding carboxylic acids is 1. The Labute approximate surface area is 191 Å². The van der Waals surface area contributed by atoms with Crippen molar-refractivity contribution in [2.75, 3.05) is 25.0 Å². The van der Waals surface area contributed by atoms with Gasteiger partial charge in [-0.3, -0.25) is 9.78 Å². The molecule has 0 saturated carbocycles. The number of hydrogen-bond acceptors (Lipinski definition) is 8. The minimum atomic E-state index is -4.56. The molecule has 8 nitrogen and oxygen atoms in total. The molecule has 1 fully saturated rings. The molecule has 174 valence electrons. The van der Waals surface area contributed by atoms with E-state index in [2.05, 4.69) is 30.0 Å². The predicted molar refractivity (Wildman–Crippen MR) is 115 cm³/mol. The number of hydrogen-bond donors (Lipinski definition) is 2. The molecule has 0 aromatic carbocycles. The first kappa shape index (κ1) is 23.1. The lowest BCUT2D eigenvalue weighted by Gasteiger charge is -2.11. The summed E-state index contributed by atoms with van der Waals surface area (Å²) in [6.07, 6.45) is -0.0927. The first-order valence-corrected chi connectivity index (χ1v) is 11.0. The molecule has 3 aromatic heterocycles. The number of nitrogens with one attached hydrogen (secondary N) is 2. The SMILES string of the molecule is Cc1nsc(Cc2cnc(C(F)(F)F)cn2)c1C(=O)Nc1ccc(OCC2CCNC2)nc1. The van der Waals surface area contributed by atoms with Crippen molar-refractivity contribution in [2.24, 2.45) is 5.92 Å². The van der Waals surface area contributed by atoms with Gasteiger partial charge in [0.15, 0.2) is 5.69 Å². The highest BCUT2D eigenvalue weighted by Gasteiger charge is 2.32. The van der Waals surface area contributed by atoms with Crippen LogP contribution < -0.4 is 15.4 Å². The Morgan fingerprint density at radius 1 is 1.24 bits per heavy atom. The number of pyridine rings is 1. The Bertz CT molecular complexity index is 1100. The predicted octanol–water partition coefficient (Wildman–Crippen LogP) is 3.49. The van der Waals surface area contributed by atoms with Crippen molar-refractivity contribution in [3.05, 3.63) is 58.2 Å². The molecule has 3 aromatic rings. The molecular weight excluding hydrogens is 457 g/mol. The maximum absolute atomic E-state index is 12.9. The van der Waals surface area contributed by atoms with Gasteiger partial charge in [0.2, 0.25) is 5.88 Å². The second-order valence-corrected chi connectivity index (χ2v) is 8.50. The molecule has 1 unspecified atom stereocenters. The highest BCUT2D eigenvalue weighted by atomic mass is 32.1. The number of anilines is 1. The van der Waals surface area contributed by atoms with Crippen molar-refractivity contribution in [1.29, 1.82) is 0 Å². The van der Waals surface area contributed by atoms with E-state index in [1.165, 1.54) is 6.20 Å². The standard InChI is InChI=1S/C21H21F3N6O2S/c1-12-19(16(33-30-12)6-15-9-27-17(10-26-15)21(22,23)24)20(31)29-14-2-3-18(28-8-14)32-11-13-4-5-25-7-13/h2-3,8-10,13,25H,4-7,11H2,1H3,(H,29,31). The number of alkyl halides is 3. The van der Waals surface area contributed by atoms with Crippen LogP contribution in [0.25, 0.3) is 0 Å². The smallest absolute Gasteiger partial charge is 0.434 e.